The standard InChI is InChI=1S/C22H16ClN3O6/c23-17-2-1-3-20(12-17)31-14-21(27)25-24-13-15-4-10-19(11-5-15)32-22(28)16-6-8-18(9-7-16)26(29)30/h1-13H,14H2,(H,25,27)/b24-13-. The number of hydrogen-bond donors (Lipinski definition) is 1. The van der Waals surface area contributed by atoms with Crippen LogP contribution in [0.5, 0.6) is 11.5 Å². The summed E-state index contributed by atoms with van der Waals surface area (Å²) in [5, 5.41) is 15.0. The van der Waals surface area contributed by atoms with E-state index in [0.29, 0.717) is 16.3 Å². The number of amides is 1. The molecule has 0 unspecified atom stereocenters. The van der Waals surface area contributed by atoms with E-state index in [1.165, 1.54) is 30.5 Å². The lowest BCUT2D eigenvalue weighted by Crippen LogP contribution is -2.24. The Morgan fingerprint density at radius 3 is 2.41 bits per heavy atom. The number of benzene rings is 3. The molecule has 0 atom stereocenters. The van der Waals surface area contributed by atoms with Crippen LogP contribution in [-0.2, 0) is 4.79 Å². The lowest BCUT2D eigenvalue weighted by atomic mass is 10.2. The van der Waals surface area contributed by atoms with Crippen LogP contribution in [0, 0.1) is 10.1 Å². The number of ether oxygens (including phenoxy) is 2. The van der Waals surface area contributed by atoms with Crippen LogP contribution in [0.2, 0.25) is 5.02 Å². The van der Waals surface area contributed by atoms with Gasteiger partial charge in [0.05, 0.1) is 16.7 Å². The summed E-state index contributed by atoms with van der Waals surface area (Å²) < 4.78 is 10.5. The van der Waals surface area contributed by atoms with Crippen LogP contribution in [0.3, 0.4) is 0 Å². The SMILES string of the molecule is O=C(COc1cccc(Cl)c1)N/N=C\c1ccc(OC(=O)c2ccc([N+](=O)[O-])cc2)cc1. The Bertz CT molecular complexity index is 1150. The minimum atomic E-state index is -0.645. The van der Waals surface area contributed by atoms with Gasteiger partial charge in [-0.3, -0.25) is 14.9 Å². The zero-order valence-corrected chi connectivity index (χ0v) is 17.2. The summed E-state index contributed by atoms with van der Waals surface area (Å²) >= 11 is 5.84. The normalized spacial score (nSPS) is 10.5. The van der Waals surface area contributed by atoms with Crippen LogP contribution in [0.25, 0.3) is 0 Å². The maximum absolute atomic E-state index is 12.1. The molecule has 10 heteroatoms. The van der Waals surface area contributed by atoms with E-state index in [1.807, 2.05) is 0 Å². The highest BCUT2D eigenvalue weighted by Crippen LogP contribution is 2.17. The van der Waals surface area contributed by atoms with Crippen molar-refractivity contribution >= 4 is 35.4 Å². The first-order valence-corrected chi connectivity index (χ1v) is 9.55. The van der Waals surface area contributed by atoms with Crippen LogP contribution < -0.4 is 14.9 Å². The van der Waals surface area contributed by atoms with Crippen molar-refractivity contribution < 1.29 is 24.0 Å². The second-order valence-corrected chi connectivity index (χ2v) is 6.74. The molecule has 0 aliphatic carbocycles. The van der Waals surface area contributed by atoms with E-state index in [-0.39, 0.29) is 23.6 Å². The summed E-state index contributed by atoms with van der Waals surface area (Å²) in [6, 6.07) is 18.1. The van der Waals surface area contributed by atoms with Crippen molar-refractivity contribution in [2.45, 2.75) is 0 Å². The van der Waals surface area contributed by atoms with Gasteiger partial charge >= 0.3 is 5.97 Å². The van der Waals surface area contributed by atoms with Gasteiger partial charge in [-0.25, -0.2) is 10.2 Å². The monoisotopic (exact) mass is 453 g/mol. The van der Waals surface area contributed by atoms with Gasteiger partial charge in [-0.05, 0) is 60.2 Å². The molecule has 0 aliphatic heterocycles. The lowest BCUT2D eigenvalue weighted by molar-refractivity contribution is -0.384. The van der Waals surface area contributed by atoms with Crippen molar-refractivity contribution in [3.63, 3.8) is 0 Å². The van der Waals surface area contributed by atoms with E-state index in [1.54, 1.807) is 48.5 Å². The molecule has 162 valence electrons. The number of esters is 1. The summed E-state index contributed by atoms with van der Waals surface area (Å²) in [5.74, 6) is -0.344. The van der Waals surface area contributed by atoms with Crippen LogP contribution in [0.15, 0.2) is 77.9 Å². The van der Waals surface area contributed by atoms with Gasteiger partial charge in [0, 0.05) is 17.2 Å². The van der Waals surface area contributed by atoms with E-state index in [0.717, 1.165) is 0 Å². The zero-order valence-electron chi connectivity index (χ0n) is 16.4. The topological polar surface area (TPSA) is 120 Å². The minimum Gasteiger partial charge on any atom is -0.484 e. The predicted molar refractivity (Wildman–Crippen MR) is 117 cm³/mol. The van der Waals surface area contributed by atoms with Gasteiger partial charge in [0.2, 0.25) is 0 Å². The van der Waals surface area contributed by atoms with E-state index in [4.69, 9.17) is 21.1 Å². The van der Waals surface area contributed by atoms with Gasteiger partial charge in [-0.2, -0.15) is 5.10 Å². The first kappa shape index (κ1) is 22.4. The molecule has 3 aromatic rings. The van der Waals surface area contributed by atoms with Crippen LogP contribution in [-0.4, -0.2) is 29.6 Å². The Morgan fingerprint density at radius 2 is 1.75 bits per heavy atom. The molecule has 0 radical (unpaired) electrons. The summed E-state index contributed by atoms with van der Waals surface area (Å²) in [4.78, 5) is 34.0. The molecule has 3 rings (SSSR count). The third-order valence-corrected chi connectivity index (χ3v) is 4.21. The van der Waals surface area contributed by atoms with Crippen molar-refractivity contribution in [3.05, 3.63) is 99.1 Å². The Hall–Kier alpha value is -4.24. The summed E-state index contributed by atoms with van der Waals surface area (Å²) in [6.45, 7) is -0.227. The molecule has 9 nitrogen and oxygen atoms in total. The summed E-state index contributed by atoms with van der Waals surface area (Å²) in [5.41, 5.74) is 3.05. The summed E-state index contributed by atoms with van der Waals surface area (Å²) in [7, 11) is 0. The van der Waals surface area contributed by atoms with E-state index < -0.39 is 16.8 Å². The molecule has 1 amide bonds. The van der Waals surface area contributed by atoms with Gasteiger partial charge in [-0.1, -0.05) is 17.7 Å². The number of halogens is 1. The van der Waals surface area contributed by atoms with Gasteiger partial charge in [-0.15, -0.1) is 0 Å². The van der Waals surface area contributed by atoms with E-state index in [2.05, 4.69) is 10.5 Å². The Balaban J connectivity index is 1.47. The lowest BCUT2D eigenvalue weighted by Gasteiger charge is -2.05. The molecule has 0 spiro atoms. The molecule has 0 heterocycles. The number of hydrogen-bond acceptors (Lipinski definition) is 7. The smallest absolute Gasteiger partial charge is 0.343 e. The maximum Gasteiger partial charge on any atom is 0.343 e. The van der Waals surface area contributed by atoms with Crippen LogP contribution >= 0.6 is 11.6 Å². The summed E-state index contributed by atoms with van der Waals surface area (Å²) in [6.07, 6.45) is 1.42. The molecule has 0 fully saturated rings. The number of nitrogens with one attached hydrogen (secondary N) is 1. The van der Waals surface area contributed by atoms with Gasteiger partial charge < -0.3 is 9.47 Å². The molecule has 3 aromatic carbocycles. The fourth-order valence-electron chi connectivity index (χ4n) is 2.42. The number of rotatable bonds is 8. The highest BCUT2D eigenvalue weighted by Gasteiger charge is 2.11. The first-order chi connectivity index (χ1) is 15.4. The predicted octanol–water partition coefficient (Wildman–Crippen LogP) is 4.00. The number of carbonyl (C=O) groups is 2. The molecular weight excluding hydrogens is 438 g/mol. The van der Waals surface area contributed by atoms with Crippen molar-refractivity contribution in [3.8, 4) is 11.5 Å². The van der Waals surface area contributed by atoms with Crippen molar-refractivity contribution in [2.24, 2.45) is 5.10 Å². The Labute approximate surface area is 187 Å². The second kappa shape index (κ2) is 10.7. The number of non-ortho nitro benzene ring substituents is 1. The van der Waals surface area contributed by atoms with Gasteiger partial charge in [0.15, 0.2) is 6.61 Å². The van der Waals surface area contributed by atoms with Crippen LogP contribution in [0.4, 0.5) is 5.69 Å². The van der Waals surface area contributed by atoms with E-state index in [9.17, 15) is 19.7 Å². The number of nitrogens with zero attached hydrogens (tertiary/aromatic N) is 2. The molecule has 0 aromatic heterocycles. The number of hydrazone groups is 1. The molecule has 32 heavy (non-hydrogen) atoms. The maximum atomic E-state index is 12.1. The van der Waals surface area contributed by atoms with Crippen molar-refractivity contribution in [2.75, 3.05) is 6.61 Å². The quantitative estimate of drug-likeness (QED) is 0.181. The van der Waals surface area contributed by atoms with Gasteiger partial charge in [0.25, 0.3) is 11.6 Å². The highest BCUT2D eigenvalue weighted by molar-refractivity contribution is 6.30. The van der Waals surface area contributed by atoms with Crippen molar-refractivity contribution in [1.29, 1.82) is 0 Å². The van der Waals surface area contributed by atoms with E-state index >= 15 is 0 Å². The molecule has 0 bridgehead atoms. The fraction of sp³-hybridized carbons (Fsp3) is 0.0455. The average Bonchev–Trinajstić information content (AvgIpc) is 2.79. The molecule has 1 N–H and O–H groups in total. The number of nitro benzene ring substituents is 1. The number of carbonyl (C=O) groups excluding carboxylic acids is 2. The first-order valence-electron chi connectivity index (χ1n) is 9.18. The molecule has 0 saturated carbocycles. The fourth-order valence-corrected chi connectivity index (χ4v) is 2.60. The minimum absolute atomic E-state index is 0.117. The van der Waals surface area contributed by atoms with Crippen LogP contribution in [0.1, 0.15) is 15.9 Å². The second-order valence-electron chi connectivity index (χ2n) is 6.30. The van der Waals surface area contributed by atoms with Crippen molar-refractivity contribution in [1.82, 2.24) is 5.43 Å². The molecule has 0 saturated heterocycles. The Kier molecular flexibility index (Phi) is 7.50. The third-order valence-electron chi connectivity index (χ3n) is 3.97. The third kappa shape index (κ3) is 6.64. The van der Waals surface area contributed by atoms with Gasteiger partial charge in [0.1, 0.15) is 11.5 Å². The highest BCUT2D eigenvalue weighted by atomic mass is 35.5. The zero-order chi connectivity index (χ0) is 22.9. The Morgan fingerprint density at radius 1 is 1.03 bits per heavy atom. The molecular formula is C22H16ClN3O6. The molecule has 0 aliphatic rings. The average molecular weight is 454 g/mol. The largest absolute Gasteiger partial charge is 0.484 e. The number of nitro groups is 1.